The van der Waals surface area contributed by atoms with Crippen LogP contribution in [-0.4, -0.2) is 18.0 Å². The number of amides is 1. The van der Waals surface area contributed by atoms with Crippen molar-refractivity contribution in [3.63, 3.8) is 0 Å². The third-order valence-electron chi connectivity index (χ3n) is 3.43. The van der Waals surface area contributed by atoms with Crippen LogP contribution < -0.4 is 16.2 Å². The molecule has 1 saturated heterocycles. The van der Waals surface area contributed by atoms with E-state index < -0.39 is 0 Å². The molecule has 0 aliphatic carbocycles. The van der Waals surface area contributed by atoms with E-state index in [1.165, 1.54) is 12.1 Å². The van der Waals surface area contributed by atoms with Crippen LogP contribution in [0, 0.1) is 11.7 Å². The third kappa shape index (κ3) is 4.28. The Kier molecular flexibility index (Phi) is 5.09. The van der Waals surface area contributed by atoms with Crippen molar-refractivity contribution in [1.29, 1.82) is 0 Å². The monoisotopic (exact) mass is 279 g/mol. The smallest absolute Gasteiger partial charge is 0.238 e. The Labute approximate surface area is 119 Å². The molecule has 1 fully saturated rings. The molecule has 0 radical (unpaired) electrons. The Morgan fingerprint density at radius 3 is 2.70 bits per heavy atom. The number of benzene rings is 1. The summed E-state index contributed by atoms with van der Waals surface area (Å²) in [4.78, 5) is 12.0. The Balaban J connectivity index is 1.77. The van der Waals surface area contributed by atoms with E-state index in [-0.39, 0.29) is 17.8 Å². The highest BCUT2D eigenvalue weighted by atomic mass is 19.1. The van der Waals surface area contributed by atoms with Crippen LogP contribution in [0.1, 0.15) is 32.3 Å². The second kappa shape index (κ2) is 6.81. The van der Waals surface area contributed by atoms with E-state index in [0.29, 0.717) is 18.5 Å². The number of carbonyl (C=O) groups excluding carboxylic acids is 1. The van der Waals surface area contributed by atoms with E-state index in [0.717, 1.165) is 18.4 Å². The molecule has 4 nitrogen and oxygen atoms in total. The first-order chi connectivity index (χ1) is 9.54. The number of nitrogens with one attached hydrogen (secondary N) is 3. The maximum atomic E-state index is 12.8. The predicted molar refractivity (Wildman–Crippen MR) is 76.2 cm³/mol. The van der Waals surface area contributed by atoms with Crippen molar-refractivity contribution in [3.8, 4) is 0 Å². The van der Waals surface area contributed by atoms with Gasteiger partial charge in [0.1, 0.15) is 11.9 Å². The van der Waals surface area contributed by atoms with Gasteiger partial charge in [-0.1, -0.05) is 26.0 Å². The average molecular weight is 279 g/mol. The molecule has 110 valence electrons. The second-order valence-corrected chi connectivity index (χ2v) is 5.75. The highest BCUT2D eigenvalue weighted by molar-refractivity contribution is 5.82. The largest absolute Gasteiger partial charge is 0.351 e. The summed E-state index contributed by atoms with van der Waals surface area (Å²) in [5.74, 6) is 0.321. The lowest BCUT2D eigenvalue weighted by Crippen LogP contribution is -2.43. The molecule has 0 bridgehead atoms. The summed E-state index contributed by atoms with van der Waals surface area (Å²) in [6, 6.07) is 6.30. The van der Waals surface area contributed by atoms with E-state index in [2.05, 4.69) is 30.0 Å². The lowest BCUT2D eigenvalue weighted by molar-refractivity contribution is -0.123. The normalized spacial score (nSPS) is 22.2. The molecule has 1 aromatic rings. The predicted octanol–water partition coefficient (Wildman–Crippen LogP) is 1.72. The summed E-state index contributed by atoms with van der Waals surface area (Å²) >= 11 is 0. The van der Waals surface area contributed by atoms with Crippen LogP contribution in [-0.2, 0) is 11.3 Å². The zero-order valence-corrected chi connectivity index (χ0v) is 11.9. The summed E-state index contributed by atoms with van der Waals surface area (Å²) in [6.07, 6.45) is 1.85. The summed E-state index contributed by atoms with van der Waals surface area (Å²) in [7, 11) is 0. The first-order valence-corrected chi connectivity index (χ1v) is 7.08. The van der Waals surface area contributed by atoms with Crippen LogP contribution >= 0.6 is 0 Å². The van der Waals surface area contributed by atoms with Gasteiger partial charge in [-0.15, -0.1) is 0 Å². The first-order valence-electron chi connectivity index (χ1n) is 7.08. The molecule has 1 aliphatic rings. The molecular weight excluding hydrogens is 257 g/mol. The Hall–Kier alpha value is -1.46. The van der Waals surface area contributed by atoms with Crippen LogP contribution in [0.15, 0.2) is 24.3 Å². The Morgan fingerprint density at radius 1 is 1.35 bits per heavy atom. The SMILES string of the molecule is CC(C)CC1CC(C(=O)NCc2ccc(F)cc2)NN1. The van der Waals surface area contributed by atoms with Crippen LogP contribution in [0.3, 0.4) is 0 Å². The van der Waals surface area contributed by atoms with Gasteiger partial charge in [-0.2, -0.15) is 0 Å². The molecule has 2 rings (SSSR count). The van der Waals surface area contributed by atoms with Gasteiger partial charge >= 0.3 is 0 Å². The summed E-state index contributed by atoms with van der Waals surface area (Å²) in [5, 5.41) is 2.87. The molecule has 0 spiro atoms. The second-order valence-electron chi connectivity index (χ2n) is 5.75. The fraction of sp³-hybridized carbons (Fsp3) is 0.533. The van der Waals surface area contributed by atoms with Crippen LogP contribution in [0.5, 0.6) is 0 Å². The molecule has 0 saturated carbocycles. The molecule has 1 heterocycles. The topological polar surface area (TPSA) is 53.2 Å². The van der Waals surface area contributed by atoms with Gasteiger partial charge in [0.25, 0.3) is 0 Å². The zero-order chi connectivity index (χ0) is 14.5. The summed E-state index contributed by atoms with van der Waals surface area (Å²) < 4.78 is 12.8. The van der Waals surface area contributed by atoms with Gasteiger partial charge in [-0.05, 0) is 36.5 Å². The number of hydrogen-bond donors (Lipinski definition) is 3. The van der Waals surface area contributed by atoms with Gasteiger partial charge in [0, 0.05) is 12.6 Å². The number of halogens is 1. The molecule has 2 unspecified atom stereocenters. The van der Waals surface area contributed by atoms with Crippen molar-refractivity contribution in [1.82, 2.24) is 16.2 Å². The quantitative estimate of drug-likeness (QED) is 0.769. The highest BCUT2D eigenvalue weighted by Crippen LogP contribution is 2.14. The van der Waals surface area contributed by atoms with Gasteiger partial charge in [0.2, 0.25) is 5.91 Å². The Bertz CT molecular complexity index is 447. The van der Waals surface area contributed by atoms with Crippen molar-refractivity contribution < 1.29 is 9.18 Å². The standard InChI is InChI=1S/C15H22FN3O/c1-10(2)7-13-8-14(19-18-13)15(20)17-9-11-3-5-12(16)6-4-11/h3-6,10,13-14,18-19H,7-9H2,1-2H3,(H,17,20). The fourth-order valence-electron chi connectivity index (χ4n) is 2.43. The van der Waals surface area contributed by atoms with Gasteiger partial charge in [-0.25, -0.2) is 9.82 Å². The average Bonchev–Trinajstić information content (AvgIpc) is 2.85. The minimum atomic E-state index is -0.265. The van der Waals surface area contributed by atoms with E-state index in [1.807, 2.05) is 0 Å². The van der Waals surface area contributed by atoms with Gasteiger partial charge in [0.05, 0.1) is 0 Å². The van der Waals surface area contributed by atoms with Gasteiger partial charge in [-0.3, -0.25) is 10.2 Å². The molecule has 1 aromatic carbocycles. The molecule has 0 aromatic heterocycles. The van der Waals surface area contributed by atoms with Crippen LogP contribution in [0.2, 0.25) is 0 Å². The lowest BCUT2D eigenvalue weighted by Gasteiger charge is -2.12. The maximum Gasteiger partial charge on any atom is 0.238 e. The number of hydrazine groups is 1. The summed E-state index contributed by atoms with van der Waals surface area (Å²) in [6.45, 7) is 4.76. The van der Waals surface area contributed by atoms with Gasteiger partial charge in [0.15, 0.2) is 0 Å². The third-order valence-corrected chi connectivity index (χ3v) is 3.43. The number of carbonyl (C=O) groups is 1. The fourth-order valence-corrected chi connectivity index (χ4v) is 2.43. The summed E-state index contributed by atoms with van der Waals surface area (Å²) in [5.41, 5.74) is 7.09. The van der Waals surface area contributed by atoms with E-state index in [9.17, 15) is 9.18 Å². The number of hydrogen-bond acceptors (Lipinski definition) is 3. The maximum absolute atomic E-state index is 12.8. The molecule has 2 atom stereocenters. The molecule has 20 heavy (non-hydrogen) atoms. The zero-order valence-electron chi connectivity index (χ0n) is 11.9. The van der Waals surface area contributed by atoms with Crippen LogP contribution in [0.25, 0.3) is 0 Å². The van der Waals surface area contributed by atoms with Crippen molar-refractivity contribution in [2.75, 3.05) is 0 Å². The van der Waals surface area contributed by atoms with E-state index in [4.69, 9.17) is 0 Å². The first kappa shape index (κ1) is 14.9. The minimum Gasteiger partial charge on any atom is -0.351 e. The number of rotatable bonds is 5. The van der Waals surface area contributed by atoms with E-state index in [1.54, 1.807) is 12.1 Å². The molecular formula is C15H22FN3O. The molecule has 5 heteroatoms. The van der Waals surface area contributed by atoms with Gasteiger partial charge < -0.3 is 5.32 Å². The van der Waals surface area contributed by atoms with Crippen molar-refractivity contribution in [3.05, 3.63) is 35.6 Å². The molecule has 1 aliphatic heterocycles. The van der Waals surface area contributed by atoms with Crippen molar-refractivity contribution in [2.24, 2.45) is 5.92 Å². The van der Waals surface area contributed by atoms with Crippen LogP contribution in [0.4, 0.5) is 4.39 Å². The van der Waals surface area contributed by atoms with Crippen molar-refractivity contribution in [2.45, 2.75) is 45.3 Å². The van der Waals surface area contributed by atoms with Crippen molar-refractivity contribution >= 4 is 5.91 Å². The van der Waals surface area contributed by atoms with E-state index >= 15 is 0 Å². The molecule has 3 N–H and O–H groups in total. The minimum absolute atomic E-state index is 0.0203. The molecule has 1 amide bonds. The highest BCUT2D eigenvalue weighted by Gasteiger charge is 2.29. The Morgan fingerprint density at radius 2 is 2.05 bits per heavy atom. The lowest BCUT2D eigenvalue weighted by atomic mass is 10.00.